The number of halogens is 1. The van der Waals surface area contributed by atoms with Crippen molar-refractivity contribution in [1.29, 1.82) is 0 Å². The van der Waals surface area contributed by atoms with Gasteiger partial charge in [-0.1, -0.05) is 43.0 Å². The molecule has 1 saturated carbocycles. The van der Waals surface area contributed by atoms with E-state index in [4.69, 9.17) is 11.6 Å². The molecule has 0 heterocycles. The lowest BCUT2D eigenvalue weighted by Crippen LogP contribution is -2.25. The number of carbonyl (C=O) groups is 1. The molecule has 0 spiro atoms. The Morgan fingerprint density at radius 3 is 2.68 bits per heavy atom. The molecule has 1 unspecified atom stereocenters. The third-order valence-electron chi connectivity index (χ3n) is 3.45. The molecule has 0 saturated heterocycles. The van der Waals surface area contributed by atoms with E-state index in [0.717, 1.165) is 0 Å². The summed E-state index contributed by atoms with van der Waals surface area (Å²) in [4.78, 5) is 12.1. The van der Waals surface area contributed by atoms with Crippen LogP contribution in [-0.4, -0.2) is 16.4 Å². The van der Waals surface area contributed by atoms with E-state index < -0.39 is 0 Å². The van der Waals surface area contributed by atoms with Crippen LogP contribution in [-0.2, 0) is 4.79 Å². The van der Waals surface area contributed by atoms with Crippen molar-refractivity contribution in [1.82, 2.24) is 0 Å². The summed E-state index contributed by atoms with van der Waals surface area (Å²) in [7, 11) is 0. The van der Waals surface area contributed by atoms with Gasteiger partial charge >= 0.3 is 0 Å². The van der Waals surface area contributed by atoms with Crippen LogP contribution in [0.3, 0.4) is 0 Å². The number of thioether (sulfide) groups is 1. The Morgan fingerprint density at radius 2 is 2.00 bits per heavy atom. The lowest BCUT2D eigenvalue weighted by Gasteiger charge is -2.24. The summed E-state index contributed by atoms with van der Waals surface area (Å²) in [5.41, 5.74) is 0.699. The molecule has 1 aromatic carbocycles. The van der Waals surface area contributed by atoms with Crippen molar-refractivity contribution in [3.8, 4) is 0 Å². The molecule has 19 heavy (non-hydrogen) atoms. The maximum atomic E-state index is 12.1. The highest BCUT2D eigenvalue weighted by Gasteiger charge is 2.21. The third-order valence-corrected chi connectivity index (χ3v) is 5.26. The Morgan fingerprint density at radius 1 is 1.32 bits per heavy atom. The molecule has 0 radical (unpaired) electrons. The highest BCUT2D eigenvalue weighted by Crippen LogP contribution is 2.31. The van der Waals surface area contributed by atoms with Crippen molar-refractivity contribution in [3.05, 3.63) is 29.3 Å². The van der Waals surface area contributed by atoms with Crippen LogP contribution in [0.1, 0.15) is 39.0 Å². The van der Waals surface area contributed by atoms with Crippen molar-refractivity contribution < 1.29 is 4.79 Å². The van der Waals surface area contributed by atoms with E-state index in [1.807, 2.05) is 25.1 Å². The van der Waals surface area contributed by atoms with E-state index in [0.29, 0.717) is 16.0 Å². The largest absolute Gasteiger partial charge is 0.324 e. The van der Waals surface area contributed by atoms with Gasteiger partial charge in [-0.3, -0.25) is 4.79 Å². The molecular formula is C15H20ClNOS. The first kappa shape index (κ1) is 14.7. The number of anilines is 1. The van der Waals surface area contributed by atoms with Crippen molar-refractivity contribution in [3.63, 3.8) is 0 Å². The van der Waals surface area contributed by atoms with E-state index >= 15 is 0 Å². The van der Waals surface area contributed by atoms with Crippen LogP contribution >= 0.6 is 23.4 Å². The first-order valence-corrected chi connectivity index (χ1v) is 8.20. The number of benzene rings is 1. The van der Waals surface area contributed by atoms with Crippen molar-refractivity contribution in [2.45, 2.75) is 49.5 Å². The fourth-order valence-electron chi connectivity index (χ4n) is 2.35. The molecular weight excluding hydrogens is 278 g/mol. The fourth-order valence-corrected chi connectivity index (χ4v) is 3.90. The van der Waals surface area contributed by atoms with Gasteiger partial charge in [0, 0.05) is 5.25 Å². The fraction of sp³-hybridized carbons (Fsp3) is 0.533. The zero-order valence-corrected chi connectivity index (χ0v) is 12.8. The molecule has 0 aromatic heterocycles. The van der Waals surface area contributed by atoms with E-state index in [1.54, 1.807) is 17.8 Å². The van der Waals surface area contributed by atoms with Crippen LogP contribution in [0.2, 0.25) is 5.02 Å². The minimum absolute atomic E-state index is 0.0284. The predicted molar refractivity (Wildman–Crippen MR) is 84.0 cm³/mol. The minimum Gasteiger partial charge on any atom is -0.324 e. The summed E-state index contributed by atoms with van der Waals surface area (Å²) in [6.45, 7) is 1.98. The second kappa shape index (κ2) is 7.20. The van der Waals surface area contributed by atoms with Crippen LogP contribution in [0, 0.1) is 0 Å². The van der Waals surface area contributed by atoms with Crippen LogP contribution in [0.4, 0.5) is 5.69 Å². The lowest BCUT2D eigenvalue weighted by molar-refractivity contribution is -0.115. The second-order valence-electron chi connectivity index (χ2n) is 5.01. The van der Waals surface area contributed by atoms with E-state index in [9.17, 15) is 4.79 Å². The number of carbonyl (C=O) groups excluding carboxylic acids is 1. The van der Waals surface area contributed by atoms with Gasteiger partial charge in [0.25, 0.3) is 0 Å². The number of rotatable bonds is 4. The monoisotopic (exact) mass is 297 g/mol. The molecule has 1 aliphatic carbocycles. The number of hydrogen-bond donors (Lipinski definition) is 1. The first-order chi connectivity index (χ1) is 9.16. The number of amides is 1. The van der Waals surface area contributed by atoms with Crippen LogP contribution in [0.15, 0.2) is 24.3 Å². The standard InChI is InChI=1S/C15H20ClNOS/c1-11(19-12-7-3-2-4-8-12)15(18)17-14-10-6-5-9-13(14)16/h5-6,9-12H,2-4,7-8H2,1H3,(H,17,18). The average molecular weight is 298 g/mol. The summed E-state index contributed by atoms with van der Waals surface area (Å²) in [6, 6.07) is 7.35. The summed E-state index contributed by atoms with van der Waals surface area (Å²) in [5.74, 6) is 0.0451. The normalized spacial score (nSPS) is 18.0. The molecule has 104 valence electrons. The first-order valence-electron chi connectivity index (χ1n) is 6.87. The zero-order valence-electron chi connectivity index (χ0n) is 11.2. The molecule has 2 rings (SSSR count). The van der Waals surface area contributed by atoms with E-state index in [-0.39, 0.29) is 11.2 Å². The highest BCUT2D eigenvalue weighted by molar-refractivity contribution is 8.01. The Hall–Kier alpha value is -0.670. The third kappa shape index (κ3) is 4.43. The molecule has 2 nitrogen and oxygen atoms in total. The average Bonchev–Trinajstić information content (AvgIpc) is 2.42. The molecule has 0 bridgehead atoms. The maximum absolute atomic E-state index is 12.1. The number of nitrogens with one attached hydrogen (secondary N) is 1. The van der Waals surface area contributed by atoms with Gasteiger partial charge in [0.1, 0.15) is 0 Å². The van der Waals surface area contributed by atoms with Gasteiger partial charge in [0.2, 0.25) is 5.91 Å². The van der Waals surface area contributed by atoms with Crippen LogP contribution in [0.25, 0.3) is 0 Å². The minimum atomic E-state index is -0.0284. The molecule has 1 aliphatic rings. The Bertz CT molecular complexity index is 432. The van der Waals surface area contributed by atoms with Crippen LogP contribution < -0.4 is 5.32 Å². The molecule has 1 N–H and O–H groups in total. The lowest BCUT2D eigenvalue weighted by atomic mass is 10.0. The van der Waals surface area contributed by atoms with Gasteiger partial charge in [0.15, 0.2) is 0 Å². The van der Waals surface area contributed by atoms with Gasteiger partial charge in [0.05, 0.1) is 16.0 Å². The second-order valence-corrected chi connectivity index (χ2v) is 7.06. The smallest absolute Gasteiger partial charge is 0.237 e. The summed E-state index contributed by atoms with van der Waals surface area (Å²) in [6.07, 6.45) is 6.44. The molecule has 0 aliphatic heterocycles. The molecule has 1 atom stereocenters. The number of hydrogen-bond acceptors (Lipinski definition) is 2. The van der Waals surface area contributed by atoms with E-state index in [1.165, 1.54) is 32.1 Å². The molecule has 1 aromatic rings. The Balaban J connectivity index is 1.87. The van der Waals surface area contributed by atoms with Crippen molar-refractivity contribution in [2.24, 2.45) is 0 Å². The van der Waals surface area contributed by atoms with Gasteiger partial charge in [-0.25, -0.2) is 0 Å². The maximum Gasteiger partial charge on any atom is 0.237 e. The van der Waals surface area contributed by atoms with Crippen molar-refractivity contribution >= 4 is 35.0 Å². The van der Waals surface area contributed by atoms with E-state index in [2.05, 4.69) is 5.32 Å². The molecule has 1 fully saturated rings. The van der Waals surface area contributed by atoms with Crippen LogP contribution in [0.5, 0.6) is 0 Å². The van der Waals surface area contributed by atoms with Gasteiger partial charge in [-0.05, 0) is 31.9 Å². The van der Waals surface area contributed by atoms with Gasteiger partial charge in [-0.2, -0.15) is 0 Å². The summed E-state index contributed by atoms with van der Waals surface area (Å²) >= 11 is 7.84. The molecule has 4 heteroatoms. The number of para-hydroxylation sites is 1. The quantitative estimate of drug-likeness (QED) is 0.870. The van der Waals surface area contributed by atoms with Gasteiger partial charge < -0.3 is 5.32 Å². The van der Waals surface area contributed by atoms with Crippen molar-refractivity contribution in [2.75, 3.05) is 5.32 Å². The topological polar surface area (TPSA) is 29.1 Å². The summed E-state index contributed by atoms with van der Waals surface area (Å²) in [5, 5.41) is 4.11. The SMILES string of the molecule is CC(SC1CCCCC1)C(=O)Nc1ccccc1Cl. The Kier molecular flexibility index (Phi) is 5.59. The highest BCUT2D eigenvalue weighted by atomic mass is 35.5. The van der Waals surface area contributed by atoms with Gasteiger partial charge in [-0.15, -0.1) is 11.8 Å². The zero-order chi connectivity index (χ0) is 13.7. The molecule has 1 amide bonds. The predicted octanol–water partition coefficient (Wildman–Crippen LogP) is 4.73. The Labute approximate surface area is 124 Å². The summed E-state index contributed by atoms with van der Waals surface area (Å²) < 4.78 is 0.